The number of aryl methyl sites for hydroxylation is 1. The van der Waals surface area contributed by atoms with E-state index in [9.17, 15) is 22.4 Å². The predicted octanol–water partition coefficient (Wildman–Crippen LogP) is 2.94. The zero-order valence-corrected chi connectivity index (χ0v) is 13.3. The smallest absolute Gasteiger partial charge is 0.255 e. The van der Waals surface area contributed by atoms with E-state index in [1.54, 1.807) is 13.0 Å². The molecule has 1 N–H and O–H groups in total. The third kappa shape index (κ3) is 3.31. The minimum atomic E-state index is -1.68. The van der Waals surface area contributed by atoms with E-state index in [4.69, 9.17) is 4.42 Å². The normalized spacial score (nSPS) is 15.5. The summed E-state index contributed by atoms with van der Waals surface area (Å²) in [6.07, 6.45) is 2.14. The van der Waals surface area contributed by atoms with Crippen molar-refractivity contribution in [3.05, 3.63) is 47.2 Å². The third-order valence-electron chi connectivity index (χ3n) is 4.22. The minimum Gasteiger partial charge on any atom is -0.469 e. The van der Waals surface area contributed by atoms with Crippen LogP contribution in [0.25, 0.3) is 0 Å². The van der Waals surface area contributed by atoms with Gasteiger partial charge < -0.3 is 14.6 Å². The summed E-state index contributed by atoms with van der Waals surface area (Å²) < 4.78 is 59.1. The van der Waals surface area contributed by atoms with Crippen molar-refractivity contribution in [1.29, 1.82) is 0 Å². The molecule has 1 saturated heterocycles. The average Bonchev–Trinajstić information content (AvgIpc) is 3.01. The van der Waals surface area contributed by atoms with Crippen molar-refractivity contribution in [3.63, 3.8) is 0 Å². The summed E-state index contributed by atoms with van der Waals surface area (Å²) in [4.78, 5) is 15.9. The molecule has 1 fully saturated rings. The standard InChI is InChI=1S/C16H15F4N3O2/c1-8-10(4-7-25-8)16(24)21-9-2-5-23(6-3-9)13-11(17)14(19)22-15(20)12(13)18/h4,7,9H,2-3,5-6H2,1H3,(H,21,24). The van der Waals surface area contributed by atoms with Gasteiger partial charge in [-0.3, -0.25) is 4.79 Å². The average molecular weight is 357 g/mol. The van der Waals surface area contributed by atoms with Gasteiger partial charge in [0.05, 0.1) is 11.8 Å². The number of rotatable bonds is 3. The van der Waals surface area contributed by atoms with E-state index in [2.05, 4.69) is 10.3 Å². The number of amides is 1. The van der Waals surface area contributed by atoms with Crippen molar-refractivity contribution in [3.8, 4) is 0 Å². The molecule has 134 valence electrons. The summed E-state index contributed by atoms with van der Waals surface area (Å²) in [7, 11) is 0. The van der Waals surface area contributed by atoms with Gasteiger partial charge >= 0.3 is 0 Å². The molecular weight excluding hydrogens is 342 g/mol. The van der Waals surface area contributed by atoms with Crippen LogP contribution in [0.3, 0.4) is 0 Å². The Labute approximate surface area is 140 Å². The summed E-state index contributed by atoms with van der Waals surface area (Å²) in [6, 6.07) is 1.33. The topological polar surface area (TPSA) is 58.4 Å². The Bertz CT molecular complexity index is 775. The van der Waals surface area contributed by atoms with Crippen molar-refractivity contribution in [1.82, 2.24) is 10.3 Å². The van der Waals surface area contributed by atoms with E-state index in [-0.39, 0.29) is 25.0 Å². The molecule has 1 amide bonds. The van der Waals surface area contributed by atoms with Crippen LogP contribution in [0.5, 0.6) is 0 Å². The van der Waals surface area contributed by atoms with Crippen LogP contribution in [0.4, 0.5) is 23.2 Å². The lowest BCUT2D eigenvalue weighted by Crippen LogP contribution is -2.45. The molecule has 0 unspecified atom stereocenters. The first-order valence-electron chi connectivity index (χ1n) is 7.68. The molecule has 2 aromatic heterocycles. The van der Waals surface area contributed by atoms with Crippen LogP contribution < -0.4 is 10.2 Å². The first-order chi connectivity index (χ1) is 11.9. The summed E-state index contributed by atoms with van der Waals surface area (Å²) in [5, 5.41) is 2.81. The molecule has 0 bridgehead atoms. The lowest BCUT2D eigenvalue weighted by molar-refractivity contribution is 0.0929. The molecule has 0 aliphatic carbocycles. The Morgan fingerprint density at radius 3 is 2.32 bits per heavy atom. The van der Waals surface area contributed by atoms with Crippen molar-refractivity contribution in [2.24, 2.45) is 0 Å². The summed E-state index contributed by atoms with van der Waals surface area (Å²) in [5.74, 6) is -6.21. The zero-order chi connectivity index (χ0) is 18.1. The summed E-state index contributed by atoms with van der Waals surface area (Å²) in [6.45, 7) is 1.92. The second-order valence-corrected chi connectivity index (χ2v) is 5.80. The highest BCUT2D eigenvalue weighted by atomic mass is 19.2. The van der Waals surface area contributed by atoms with E-state index in [1.807, 2.05) is 0 Å². The van der Waals surface area contributed by atoms with Crippen LogP contribution in [0.2, 0.25) is 0 Å². The number of carbonyl (C=O) groups is 1. The molecule has 3 heterocycles. The van der Waals surface area contributed by atoms with Gasteiger partial charge in [0.2, 0.25) is 11.6 Å². The largest absolute Gasteiger partial charge is 0.469 e. The molecular formula is C16H15F4N3O2. The number of anilines is 1. The SMILES string of the molecule is Cc1occc1C(=O)NC1CCN(c2c(F)c(F)nc(F)c2F)CC1. The Kier molecular flexibility index (Phi) is 4.65. The highest BCUT2D eigenvalue weighted by Crippen LogP contribution is 2.28. The second-order valence-electron chi connectivity index (χ2n) is 5.80. The summed E-state index contributed by atoms with van der Waals surface area (Å²) >= 11 is 0. The molecule has 1 aliphatic heterocycles. The number of hydrogen-bond acceptors (Lipinski definition) is 4. The molecule has 0 atom stereocenters. The quantitative estimate of drug-likeness (QED) is 0.678. The fourth-order valence-corrected chi connectivity index (χ4v) is 2.88. The van der Waals surface area contributed by atoms with Gasteiger partial charge in [-0.1, -0.05) is 0 Å². The van der Waals surface area contributed by atoms with Crippen LogP contribution in [-0.2, 0) is 0 Å². The second kappa shape index (κ2) is 6.73. The van der Waals surface area contributed by atoms with Gasteiger partial charge in [0.25, 0.3) is 17.8 Å². The lowest BCUT2D eigenvalue weighted by Gasteiger charge is -2.34. The molecule has 3 rings (SSSR count). The van der Waals surface area contributed by atoms with Gasteiger partial charge in [0.15, 0.2) is 0 Å². The predicted molar refractivity (Wildman–Crippen MR) is 80.2 cm³/mol. The van der Waals surface area contributed by atoms with Crippen LogP contribution in [0.1, 0.15) is 29.0 Å². The van der Waals surface area contributed by atoms with Crippen LogP contribution in [-0.4, -0.2) is 30.0 Å². The van der Waals surface area contributed by atoms with Crippen molar-refractivity contribution >= 4 is 11.6 Å². The van der Waals surface area contributed by atoms with Gasteiger partial charge in [-0.05, 0) is 25.8 Å². The number of nitrogens with one attached hydrogen (secondary N) is 1. The van der Waals surface area contributed by atoms with Crippen LogP contribution in [0, 0.1) is 30.5 Å². The first-order valence-corrected chi connectivity index (χ1v) is 7.68. The number of halogens is 4. The van der Waals surface area contributed by atoms with E-state index in [0.29, 0.717) is 24.2 Å². The maximum atomic E-state index is 13.8. The monoisotopic (exact) mass is 357 g/mol. The molecule has 0 aromatic carbocycles. The summed E-state index contributed by atoms with van der Waals surface area (Å²) in [5.41, 5.74) is -0.349. The van der Waals surface area contributed by atoms with E-state index in [1.165, 1.54) is 11.2 Å². The third-order valence-corrected chi connectivity index (χ3v) is 4.22. The number of furan rings is 1. The van der Waals surface area contributed by atoms with Gasteiger partial charge in [-0.2, -0.15) is 22.5 Å². The van der Waals surface area contributed by atoms with E-state index >= 15 is 0 Å². The molecule has 0 radical (unpaired) electrons. The Morgan fingerprint density at radius 1 is 1.20 bits per heavy atom. The number of pyridine rings is 1. The Morgan fingerprint density at radius 2 is 1.80 bits per heavy atom. The minimum absolute atomic E-state index is 0.131. The maximum Gasteiger partial charge on any atom is 0.255 e. The highest BCUT2D eigenvalue weighted by Gasteiger charge is 2.29. The van der Waals surface area contributed by atoms with Crippen LogP contribution >= 0.6 is 0 Å². The van der Waals surface area contributed by atoms with E-state index < -0.39 is 29.2 Å². The molecule has 5 nitrogen and oxygen atoms in total. The molecule has 2 aromatic rings. The molecule has 9 heteroatoms. The number of carbonyl (C=O) groups excluding carboxylic acids is 1. The van der Waals surface area contributed by atoms with E-state index in [0.717, 1.165) is 0 Å². The Hall–Kier alpha value is -2.58. The number of nitrogens with zero attached hydrogens (tertiary/aromatic N) is 2. The fraction of sp³-hybridized carbons (Fsp3) is 0.375. The van der Waals surface area contributed by atoms with Crippen molar-refractivity contribution < 1.29 is 26.8 Å². The number of hydrogen-bond donors (Lipinski definition) is 1. The van der Waals surface area contributed by atoms with Crippen molar-refractivity contribution in [2.45, 2.75) is 25.8 Å². The van der Waals surface area contributed by atoms with Gasteiger partial charge in [-0.15, -0.1) is 0 Å². The maximum absolute atomic E-state index is 13.8. The molecule has 0 saturated carbocycles. The first kappa shape index (κ1) is 17.2. The highest BCUT2D eigenvalue weighted by molar-refractivity contribution is 5.95. The van der Waals surface area contributed by atoms with Gasteiger partial charge in [-0.25, -0.2) is 0 Å². The van der Waals surface area contributed by atoms with Gasteiger partial charge in [0, 0.05) is 19.1 Å². The fourth-order valence-electron chi connectivity index (χ4n) is 2.88. The lowest BCUT2D eigenvalue weighted by atomic mass is 10.0. The number of piperidine rings is 1. The number of aromatic nitrogens is 1. The zero-order valence-electron chi connectivity index (χ0n) is 13.3. The van der Waals surface area contributed by atoms with Crippen molar-refractivity contribution in [2.75, 3.05) is 18.0 Å². The molecule has 1 aliphatic rings. The Balaban J connectivity index is 1.67. The molecule has 0 spiro atoms. The van der Waals surface area contributed by atoms with Gasteiger partial charge in [0.1, 0.15) is 11.4 Å². The van der Waals surface area contributed by atoms with Crippen LogP contribution in [0.15, 0.2) is 16.7 Å². The molecule has 25 heavy (non-hydrogen) atoms.